The molecule has 2 aromatic carbocycles. The van der Waals surface area contributed by atoms with E-state index in [-0.39, 0.29) is 18.6 Å². The highest BCUT2D eigenvalue weighted by molar-refractivity contribution is 5.80. The van der Waals surface area contributed by atoms with Gasteiger partial charge in [-0.25, -0.2) is 4.98 Å². The summed E-state index contributed by atoms with van der Waals surface area (Å²) in [6.07, 6.45) is 2.80. The van der Waals surface area contributed by atoms with Crippen molar-refractivity contribution in [1.82, 2.24) is 20.0 Å². The molecule has 1 atom stereocenters. The molecular weight excluding hydrogens is 368 g/mol. The summed E-state index contributed by atoms with van der Waals surface area (Å²) >= 11 is 0. The Morgan fingerprint density at radius 2 is 2.14 bits per heavy atom. The number of benzene rings is 2. The second kappa shape index (κ2) is 7.09. The summed E-state index contributed by atoms with van der Waals surface area (Å²) < 4.78 is 13.1. The third-order valence-electron chi connectivity index (χ3n) is 5.05. The molecule has 1 amide bonds. The predicted molar refractivity (Wildman–Crippen MR) is 107 cm³/mol. The van der Waals surface area contributed by atoms with Crippen LogP contribution in [0.15, 0.2) is 59.4 Å². The first-order valence-corrected chi connectivity index (χ1v) is 9.58. The van der Waals surface area contributed by atoms with Gasteiger partial charge in [0.2, 0.25) is 5.91 Å². The van der Waals surface area contributed by atoms with Gasteiger partial charge in [-0.05, 0) is 30.7 Å². The predicted octanol–water partition coefficient (Wildman–Crippen LogP) is 3.33. The van der Waals surface area contributed by atoms with Gasteiger partial charge < -0.3 is 19.1 Å². The first kappa shape index (κ1) is 17.5. The maximum atomic E-state index is 12.3. The molecule has 1 aliphatic heterocycles. The van der Waals surface area contributed by atoms with Crippen molar-refractivity contribution in [3.05, 3.63) is 66.1 Å². The average molecular weight is 388 g/mol. The van der Waals surface area contributed by atoms with Gasteiger partial charge >= 0.3 is 0 Å². The highest BCUT2D eigenvalue weighted by Gasteiger charge is 2.20. The molecule has 29 heavy (non-hydrogen) atoms. The molecule has 3 heterocycles. The summed E-state index contributed by atoms with van der Waals surface area (Å²) in [6.45, 7) is 2.56. The summed E-state index contributed by atoms with van der Waals surface area (Å²) in [5, 5.41) is 6.95. The number of fused-ring (bicyclic) bond motifs is 2. The summed E-state index contributed by atoms with van der Waals surface area (Å²) in [7, 11) is 0. The van der Waals surface area contributed by atoms with E-state index in [0.29, 0.717) is 18.0 Å². The number of rotatable bonds is 5. The van der Waals surface area contributed by atoms with Gasteiger partial charge in [0.1, 0.15) is 24.1 Å². The molecule has 0 aliphatic carbocycles. The Morgan fingerprint density at radius 1 is 1.24 bits per heavy atom. The number of imidazole rings is 1. The molecule has 0 radical (unpaired) electrons. The number of ether oxygens (including phenoxy) is 1. The van der Waals surface area contributed by atoms with Crippen LogP contribution in [0.5, 0.6) is 5.75 Å². The number of carbonyl (C=O) groups excluding carboxylic acids is 1. The number of amides is 1. The fourth-order valence-electron chi connectivity index (χ4n) is 3.62. The topological polar surface area (TPSA) is 82.2 Å². The van der Waals surface area contributed by atoms with E-state index < -0.39 is 0 Å². The fourth-order valence-corrected chi connectivity index (χ4v) is 3.62. The zero-order chi connectivity index (χ0) is 19.8. The lowest BCUT2D eigenvalue weighted by Gasteiger charge is -2.05. The molecule has 0 fully saturated rings. The molecule has 2 aromatic heterocycles. The number of hydrogen-bond acceptors (Lipinski definition) is 5. The number of para-hydroxylation sites is 2. The molecule has 0 saturated carbocycles. The Labute approximate surface area is 167 Å². The van der Waals surface area contributed by atoms with Gasteiger partial charge in [0.05, 0.1) is 23.9 Å². The molecule has 5 rings (SSSR count). The molecular formula is C22H20N4O3. The second-order valence-corrected chi connectivity index (χ2v) is 7.28. The van der Waals surface area contributed by atoms with E-state index in [2.05, 4.69) is 28.4 Å². The van der Waals surface area contributed by atoms with Crippen LogP contribution in [-0.2, 0) is 24.3 Å². The summed E-state index contributed by atoms with van der Waals surface area (Å²) in [5.41, 5.74) is 4.58. The van der Waals surface area contributed by atoms with Crippen molar-refractivity contribution < 1.29 is 14.1 Å². The Morgan fingerprint density at radius 3 is 3.07 bits per heavy atom. The summed E-state index contributed by atoms with van der Waals surface area (Å²) in [5.74, 6) is 1.44. The molecule has 7 heteroatoms. The maximum absolute atomic E-state index is 12.3. The maximum Gasteiger partial charge on any atom is 0.240 e. The van der Waals surface area contributed by atoms with E-state index in [1.54, 1.807) is 6.33 Å². The highest BCUT2D eigenvalue weighted by Crippen LogP contribution is 2.33. The van der Waals surface area contributed by atoms with Crippen molar-refractivity contribution in [2.75, 3.05) is 0 Å². The van der Waals surface area contributed by atoms with Crippen LogP contribution in [0.4, 0.5) is 0 Å². The van der Waals surface area contributed by atoms with Crippen LogP contribution in [0, 0.1) is 0 Å². The second-order valence-electron chi connectivity index (χ2n) is 7.28. The van der Waals surface area contributed by atoms with Crippen LogP contribution >= 0.6 is 0 Å². The number of carbonyl (C=O) groups is 1. The molecule has 146 valence electrons. The fraction of sp³-hybridized carbons (Fsp3) is 0.227. The Balaban J connectivity index is 1.23. The minimum absolute atomic E-state index is 0.113. The standard InChI is InChI=1S/C22H20N4O3/c1-14-8-15-6-7-16(9-20(15)28-14)21-10-17(25-29-21)11-23-22(27)12-26-13-24-18-4-2-3-5-19(18)26/h2-7,9-10,13-14H,8,11-12H2,1H3,(H,23,27). The summed E-state index contributed by atoms with van der Waals surface area (Å²) in [6, 6.07) is 15.6. The van der Waals surface area contributed by atoms with Gasteiger partial charge in [-0.15, -0.1) is 0 Å². The van der Waals surface area contributed by atoms with Crippen molar-refractivity contribution in [3.8, 4) is 17.1 Å². The molecule has 1 unspecified atom stereocenters. The SMILES string of the molecule is CC1Cc2ccc(-c3cc(CNC(=O)Cn4cnc5ccccc54)no3)cc2O1. The normalized spacial score (nSPS) is 15.3. The average Bonchev–Trinajstić information content (AvgIpc) is 3.44. The van der Waals surface area contributed by atoms with Gasteiger partial charge in [0.15, 0.2) is 5.76 Å². The molecule has 0 spiro atoms. The Bertz CT molecular complexity index is 1190. The minimum Gasteiger partial charge on any atom is -0.490 e. The summed E-state index contributed by atoms with van der Waals surface area (Å²) in [4.78, 5) is 16.6. The third kappa shape index (κ3) is 3.47. The van der Waals surface area contributed by atoms with Gasteiger partial charge in [0.25, 0.3) is 0 Å². The third-order valence-corrected chi connectivity index (χ3v) is 5.05. The van der Waals surface area contributed by atoms with E-state index in [9.17, 15) is 4.79 Å². The van der Waals surface area contributed by atoms with Crippen molar-refractivity contribution >= 4 is 16.9 Å². The molecule has 4 aromatic rings. The lowest BCUT2D eigenvalue weighted by atomic mass is 10.1. The van der Waals surface area contributed by atoms with Gasteiger partial charge in [-0.2, -0.15) is 0 Å². The lowest BCUT2D eigenvalue weighted by molar-refractivity contribution is -0.121. The monoisotopic (exact) mass is 388 g/mol. The first-order chi connectivity index (χ1) is 14.2. The van der Waals surface area contributed by atoms with E-state index >= 15 is 0 Å². The minimum atomic E-state index is -0.113. The number of aromatic nitrogens is 3. The molecule has 1 aliphatic rings. The van der Waals surface area contributed by atoms with Crippen LogP contribution < -0.4 is 10.1 Å². The largest absolute Gasteiger partial charge is 0.490 e. The Hall–Kier alpha value is -3.61. The van der Waals surface area contributed by atoms with Gasteiger partial charge in [-0.3, -0.25) is 4.79 Å². The van der Waals surface area contributed by atoms with E-state index in [4.69, 9.17) is 9.26 Å². The van der Waals surface area contributed by atoms with Crippen LogP contribution in [0.1, 0.15) is 18.2 Å². The first-order valence-electron chi connectivity index (χ1n) is 9.58. The highest BCUT2D eigenvalue weighted by atomic mass is 16.5. The van der Waals surface area contributed by atoms with Crippen LogP contribution in [0.25, 0.3) is 22.4 Å². The van der Waals surface area contributed by atoms with E-state index in [1.807, 2.05) is 47.0 Å². The lowest BCUT2D eigenvalue weighted by Crippen LogP contribution is -2.26. The Kier molecular flexibility index (Phi) is 4.27. The zero-order valence-electron chi connectivity index (χ0n) is 16.0. The number of nitrogens with zero attached hydrogens (tertiary/aromatic N) is 3. The van der Waals surface area contributed by atoms with E-state index in [1.165, 1.54) is 5.56 Å². The molecule has 1 N–H and O–H groups in total. The van der Waals surface area contributed by atoms with Crippen molar-refractivity contribution in [2.45, 2.75) is 32.5 Å². The number of hydrogen-bond donors (Lipinski definition) is 1. The van der Waals surface area contributed by atoms with Gasteiger partial charge in [0, 0.05) is 18.1 Å². The molecule has 0 bridgehead atoms. The van der Waals surface area contributed by atoms with Crippen LogP contribution in [0.2, 0.25) is 0 Å². The molecule has 0 saturated heterocycles. The van der Waals surface area contributed by atoms with Crippen molar-refractivity contribution in [1.29, 1.82) is 0 Å². The van der Waals surface area contributed by atoms with Gasteiger partial charge in [-0.1, -0.05) is 29.4 Å². The zero-order valence-corrected chi connectivity index (χ0v) is 16.0. The van der Waals surface area contributed by atoms with Crippen molar-refractivity contribution in [2.24, 2.45) is 0 Å². The quantitative estimate of drug-likeness (QED) is 0.567. The van der Waals surface area contributed by atoms with Crippen molar-refractivity contribution in [3.63, 3.8) is 0 Å². The molecule has 7 nitrogen and oxygen atoms in total. The number of nitrogens with one attached hydrogen (secondary N) is 1. The van der Waals surface area contributed by atoms with Crippen LogP contribution in [-0.4, -0.2) is 26.7 Å². The van der Waals surface area contributed by atoms with E-state index in [0.717, 1.165) is 28.8 Å². The smallest absolute Gasteiger partial charge is 0.240 e. The van der Waals surface area contributed by atoms with Crippen LogP contribution in [0.3, 0.4) is 0 Å².